The van der Waals surface area contributed by atoms with Crippen LogP contribution in [0.15, 0.2) is 0 Å². The smallest absolute Gasteiger partial charge is 0.346 e. The van der Waals surface area contributed by atoms with Gasteiger partial charge in [0.25, 0.3) is 5.91 Å². The van der Waals surface area contributed by atoms with Crippen molar-refractivity contribution in [2.24, 2.45) is 0 Å². The van der Waals surface area contributed by atoms with E-state index < -0.39 is 23.7 Å². The third-order valence-electron chi connectivity index (χ3n) is 5.09. The van der Waals surface area contributed by atoms with Crippen molar-refractivity contribution in [3.05, 3.63) is 17.2 Å². The molecule has 9 heteroatoms. The molecule has 6 nitrogen and oxygen atoms in total. The minimum Gasteiger partial charge on any atom is -0.346 e. The van der Waals surface area contributed by atoms with Crippen molar-refractivity contribution in [1.29, 1.82) is 0 Å². The van der Waals surface area contributed by atoms with E-state index in [1.165, 1.54) is 9.47 Å². The molecule has 2 saturated heterocycles. The lowest BCUT2D eigenvalue weighted by atomic mass is 10.0. The number of rotatable bonds is 1. The second kappa shape index (κ2) is 5.98. The normalized spacial score (nSPS) is 23.1. The zero-order valence-electron chi connectivity index (χ0n) is 13.8. The molecule has 2 fully saturated rings. The van der Waals surface area contributed by atoms with Gasteiger partial charge in [-0.15, -0.1) is 0 Å². The molecule has 0 N–H and O–H groups in total. The van der Waals surface area contributed by atoms with Crippen LogP contribution in [0.2, 0.25) is 0 Å². The molecule has 138 valence electrons. The molecule has 0 saturated carbocycles. The first-order valence-corrected chi connectivity index (χ1v) is 8.63. The van der Waals surface area contributed by atoms with E-state index in [1.54, 1.807) is 0 Å². The van der Waals surface area contributed by atoms with Crippen LogP contribution in [0.3, 0.4) is 0 Å². The van der Waals surface area contributed by atoms with Crippen LogP contribution in [0.4, 0.5) is 13.2 Å². The number of likely N-dealkylation sites (tertiary alicyclic amines) is 1. The van der Waals surface area contributed by atoms with E-state index >= 15 is 0 Å². The quantitative estimate of drug-likeness (QED) is 0.772. The molecule has 25 heavy (non-hydrogen) atoms. The zero-order valence-corrected chi connectivity index (χ0v) is 13.8. The Balaban J connectivity index is 1.65. The van der Waals surface area contributed by atoms with E-state index in [0.29, 0.717) is 51.1 Å². The van der Waals surface area contributed by atoms with E-state index in [-0.39, 0.29) is 18.8 Å². The monoisotopic (exact) mass is 359 g/mol. The predicted molar refractivity (Wildman–Crippen MR) is 79.9 cm³/mol. The van der Waals surface area contributed by atoms with Gasteiger partial charge in [0.2, 0.25) is 5.82 Å². The van der Waals surface area contributed by atoms with Crippen LogP contribution in [0.5, 0.6) is 0 Å². The lowest BCUT2D eigenvalue weighted by Gasteiger charge is -2.38. The molecule has 1 amide bonds. The lowest BCUT2D eigenvalue weighted by Crippen LogP contribution is -2.51. The highest BCUT2D eigenvalue weighted by Gasteiger charge is 2.45. The Bertz CT molecular complexity index is 680. The SMILES string of the molecule is O=C(c1nc(C(F)(F)F)n2c1CCCC2)N1CCCC2(C1)OCCO2. The van der Waals surface area contributed by atoms with Gasteiger partial charge < -0.3 is 18.9 Å². The average Bonchev–Trinajstić information content (AvgIpc) is 3.19. The second-order valence-electron chi connectivity index (χ2n) is 6.78. The van der Waals surface area contributed by atoms with Crippen LogP contribution in [0.25, 0.3) is 0 Å². The van der Waals surface area contributed by atoms with E-state index in [2.05, 4.69) is 4.98 Å². The topological polar surface area (TPSA) is 56.6 Å². The van der Waals surface area contributed by atoms with Gasteiger partial charge in [0.05, 0.1) is 25.5 Å². The molecule has 0 radical (unpaired) electrons. The summed E-state index contributed by atoms with van der Waals surface area (Å²) >= 11 is 0. The van der Waals surface area contributed by atoms with Gasteiger partial charge in [-0.2, -0.15) is 13.2 Å². The van der Waals surface area contributed by atoms with Gasteiger partial charge in [0.1, 0.15) is 5.69 Å². The molecule has 0 aromatic carbocycles. The molecule has 3 aliphatic heterocycles. The number of carbonyl (C=O) groups is 1. The second-order valence-corrected chi connectivity index (χ2v) is 6.78. The Morgan fingerprint density at radius 1 is 1.12 bits per heavy atom. The van der Waals surface area contributed by atoms with Gasteiger partial charge in [-0.05, 0) is 25.7 Å². The number of hydrogen-bond acceptors (Lipinski definition) is 4. The summed E-state index contributed by atoms with van der Waals surface area (Å²) in [5.41, 5.74) is 0.332. The van der Waals surface area contributed by atoms with Gasteiger partial charge in [-0.1, -0.05) is 0 Å². The number of aromatic nitrogens is 2. The Morgan fingerprint density at radius 2 is 1.88 bits per heavy atom. The fourth-order valence-electron chi connectivity index (χ4n) is 3.97. The maximum Gasteiger partial charge on any atom is 0.449 e. The molecule has 0 bridgehead atoms. The number of piperidine rings is 1. The molecule has 4 heterocycles. The van der Waals surface area contributed by atoms with Crippen molar-refractivity contribution in [2.75, 3.05) is 26.3 Å². The van der Waals surface area contributed by atoms with E-state index in [0.717, 1.165) is 6.42 Å². The van der Waals surface area contributed by atoms with E-state index in [4.69, 9.17) is 9.47 Å². The van der Waals surface area contributed by atoms with Crippen LogP contribution in [-0.2, 0) is 28.6 Å². The minimum absolute atomic E-state index is 0.0675. The molecule has 1 aromatic heterocycles. The fourth-order valence-corrected chi connectivity index (χ4v) is 3.97. The van der Waals surface area contributed by atoms with Crippen LogP contribution >= 0.6 is 0 Å². The Hall–Kier alpha value is -1.61. The first-order chi connectivity index (χ1) is 11.9. The van der Waals surface area contributed by atoms with Crippen molar-refractivity contribution in [3.63, 3.8) is 0 Å². The van der Waals surface area contributed by atoms with Gasteiger partial charge in [-0.3, -0.25) is 4.79 Å². The number of nitrogens with zero attached hydrogens (tertiary/aromatic N) is 3. The molecular formula is C16H20F3N3O3. The summed E-state index contributed by atoms with van der Waals surface area (Å²) < 4.78 is 52.3. The standard InChI is InChI=1S/C16H20F3N3O3/c17-16(18,19)14-20-12(11-4-1-2-7-22(11)14)13(23)21-6-3-5-15(10-21)24-8-9-25-15/h1-10H2. The number of halogens is 3. The van der Waals surface area contributed by atoms with Gasteiger partial charge in [0.15, 0.2) is 5.79 Å². The summed E-state index contributed by atoms with van der Waals surface area (Å²) in [4.78, 5) is 18.2. The highest BCUT2D eigenvalue weighted by molar-refractivity contribution is 5.93. The van der Waals surface area contributed by atoms with Crippen molar-refractivity contribution in [1.82, 2.24) is 14.5 Å². The van der Waals surface area contributed by atoms with Crippen molar-refractivity contribution in [2.45, 2.75) is 50.6 Å². The summed E-state index contributed by atoms with van der Waals surface area (Å²) in [6.07, 6.45) is -1.32. The fraction of sp³-hybridized carbons (Fsp3) is 0.750. The van der Waals surface area contributed by atoms with Crippen LogP contribution < -0.4 is 0 Å². The number of carbonyl (C=O) groups excluding carboxylic acids is 1. The number of alkyl halides is 3. The third kappa shape index (κ3) is 2.93. The van der Waals surface area contributed by atoms with Crippen molar-refractivity contribution >= 4 is 5.91 Å². The molecular weight excluding hydrogens is 339 g/mol. The third-order valence-corrected chi connectivity index (χ3v) is 5.09. The first-order valence-electron chi connectivity index (χ1n) is 8.63. The van der Waals surface area contributed by atoms with Crippen LogP contribution in [0, 0.1) is 0 Å². The maximum absolute atomic E-state index is 13.3. The zero-order chi connectivity index (χ0) is 17.7. The Labute approximate surface area is 142 Å². The number of amides is 1. The molecule has 0 atom stereocenters. The molecule has 1 spiro atoms. The Kier molecular flexibility index (Phi) is 4.03. The number of ether oxygens (including phenoxy) is 2. The van der Waals surface area contributed by atoms with Crippen molar-refractivity contribution < 1.29 is 27.4 Å². The first kappa shape index (κ1) is 16.8. The van der Waals surface area contributed by atoms with Gasteiger partial charge in [0, 0.05) is 19.5 Å². The summed E-state index contributed by atoms with van der Waals surface area (Å²) in [6, 6.07) is 0. The molecule has 1 aromatic rings. The van der Waals surface area contributed by atoms with Crippen LogP contribution in [-0.4, -0.2) is 52.4 Å². The highest BCUT2D eigenvalue weighted by atomic mass is 19.4. The van der Waals surface area contributed by atoms with Crippen LogP contribution in [0.1, 0.15) is 47.7 Å². The van der Waals surface area contributed by atoms with Gasteiger partial charge in [-0.25, -0.2) is 4.98 Å². The summed E-state index contributed by atoms with van der Waals surface area (Å²) in [5.74, 6) is -2.23. The Morgan fingerprint density at radius 3 is 2.60 bits per heavy atom. The molecule has 0 unspecified atom stereocenters. The molecule has 4 rings (SSSR count). The maximum atomic E-state index is 13.3. The van der Waals surface area contributed by atoms with Crippen molar-refractivity contribution in [3.8, 4) is 0 Å². The molecule has 3 aliphatic rings. The average molecular weight is 359 g/mol. The number of hydrogen-bond donors (Lipinski definition) is 0. The minimum atomic E-state index is -4.56. The number of fused-ring (bicyclic) bond motifs is 1. The largest absolute Gasteiger partial charge is 0.449 e. The predicted octanol–water partition coefficient (Wildman–Crippen LogP) is 2.22. The van der Waals surface area contributed by atoms with Gasteiger partial charge >= 0.3 is 6.18 Å². The highest BCUT2D eigenvalue weighted by Crippen LogP contribution is 2.35. The van der Waals surface area contributed by atoms with E-state index in [1.807, 2.05) is 0 Å². The summed E-state index contributed by atoms with van der Waals surface area (Å²) in [6.45, 7) is 1.90. The summed E-state index contributed by atoms with van der Waals surface area (Å²) in [5, 5.41) is 0. The number of imidazole rings is 1. The molecule has 0 aliphatic carbocycles. The van der Waals surface area contributed by atoms with E-state index in [9.17, 15) is 18.0 Å². The lowest BCUT2D eigenvalue weighted by molar-refractivity contribution is -0.183. The summed E-state index contributed by atoms with van der Waals surface area (Å²) in [7, 11) is 0.